The molecule has 5 nitrogen and oxygen atoms in total. The van der Waals surface area contributed by atoms with Crippen molar-refractivity contribution in [3.05, 3.63) is 75.7 Å². The van der Waals surface area contributed by atoms with Gasteiger partial charge in [0.25, 0.3) is 5.56 Å². The number of rotatable bonds is 5. The Kier molecular flexibility index (Phi) is 5.08. The third-order valence-corrected chi connectivity index (χ3v) is 6.37. The first-order valence-electron chi connectivity index (χ1n) is 10.3. The third kappa shape index (κ3) is 3.43. The van der Waals surface area contributed by atoms with E-state index in [1.54, 1.807) is 11.7 Å². The third-order valence-electron chi connectivity index (χ3n) is 5.50. The van der Waals surface area contributed by atoms with Crippen LogP contribution in [0.5, 0.6) is 11.5 Å². The molecule has 31 heavy (non-hydrogen) atoms. The van der Waals surface area contributed by atoms with Crippen molar-refractivity contribution in [1.29, 1.82) is 0 Å². The number of hydrogen-bond acceptors (Lipinski definition) is 5. The van der Waals surface area contributed by atoms with Crippen LogP contribution in [0.3, 0.4) is 0 Å². The number of fused-ring (bicyclic) bond motifs is 2. The molecule has 2 aromatic heterocycles. The monoisotopic (exact) mass is 430 g/mol. The lowest BCUT2D eigenvalue weighted by atomic mass is 10.1. The quantitative estimate of drug-likeness (QED) is 0.421. The molecule has 1 aliphatic rings. The predicted molar refractivity (Wildman–Crippen MR) is 126 cm³/mol. The van der Waals surface area contributed by atoms with E-state index in [0.717, 1.165) is 39.3 Å². The smallest absolute Gasteiger partial charge is 0.263 e. The average Bonchev–Trinajstić information content (AvgIpc) is 3.40. The van der Waals surface area contributed by atoms with Gasteiger partial charge in [0.05, 0.1) is 19.1 Å². The first-order chi connectivity index (χ1) is 15.2. The van der Waals surface area contributed by atoms with E-state index in [-0.39, 0.29) is 5.56 Å². The van der Waals surface area contributed by atoms with Crippen molar-refractivity contribution < 1.29 is 9.47 Å². The maximum atomic E-state index is 13.4. The lowest BCUT2D eigenvalue weighted by Gasteiger charge is -2.10. The Balaban J connectivity index is 1.59. The molecule has 0 saturated carbocycles. The topological polar surface area (TPSA) is 53.4 Å². The summed E-state index contributed by atoms with van der Waals surface area (Å²) < 4.78 is 12.9. The molecule has 2 aromatic carbocycles. The second kappa shape index (κ2) is 8.04. The molecule has 0 radical (unpaired) electrons. The van der Waals surface area contributed by atoms with Gasteiger partial charge in [0.15, 0.2) is 11.5 Å². The van der Waals surface area contributed by atoms with Crippen LogP contribution < -0.4 is 15.0 Å². The highest BCUT2D eigenvalue weighted by molar-refractivity contribution is 7.17. The molecule has 0 unspecified atom stereocenters. The van der Waals surface area contributed by atoms with Crippen molar-refractivity contribution in [1.82, 2.24) is 9.55 Å². The molecule has 0 saturated heterocycles. The van der Waals surface area contributed by atoms with E-state index >= 15 is 0 Å². The van der Waals surface area contributed by atoms with Crippen LogP contribution in [0.15, 0.2) is 58.7 Å². The minimum absolute atomic E-state index is 0.0354. The van der Waals surface area contributed by atoms with E-state index < -0.39 is 0 Å². The van der Waals surface area contributed by atoms with Gasteiger partial charge < -0.3 is 9.47 Å². The van der Waals surface area contributed by atoms with Crippen LogP contribution in [0.1, 0.15) is 24.7 Å². The Morgan fingerprint density at radius 3 is 2.77 bits per heavy atom. The summed E-state index contributed by atoms with van der Waals surface area (Å²) in [6.45, 7) is 3.15. The van der Waals surface area contributed by atoms with Crippen LogP contribution in [0, 0.1) is 0 Å². The molecule has 0 amide bonds. The number of methoxy groups -OCH3 is 1. The molecule has 5 rings (SSSR count). The van der Waals surface area contributed by atoms with Gasteiger partial charge in [0, 0.05) is 17.5 Å². The number of hydrogen-bond donors (Lipinski definition) is 0. The van der Waals surface area contributed by atoms with Gasteiger partial charge in [0.1, 0.15) is 10.7 Å². The lowest BCUT2D eigenvalue weighted by molar-refractivity contribution is 0.311. The minimum atomic E-state index is 0.0354. The summed E-state index contributed by atoms with van der Waals surface area (Å²) in [6.07, 6.45) is 2.86. The van der Waals surface area contributed by atoms with E-state index in [4.69, 9.17) is 14.5 Å². The number of benzene rings is 2. The van der Waals surface area contributed by atoms with Gasteiger partial charge in [-0.3, -0.25) is 9.36 Å². The van der Waals surface area contributed by atoms with Gasteiger partial charge >= 0.3 is 0 Å². The van der Waals surface area contributed by atoms with Crippen LogP contribution >= 0.6 is 11.3 Å². The van der Waals surface area contributed by atoms with Crippen molar-refractivity contribution in [2.75, 3.05) is 13.7 Å². The first kappa shape index (κ1) is 19.6. The molecule has 1 aliphatic heterocycles. The van der Waals surface area contributed by atoms with E-state index in [9.17, 15) is 4.79 Å². The Bertz CT molecular complexity index is 1350. The van der Waals surface area contributed by atoms with Crippen LogP contribution in [0.4, 0.5) is 0 Å². The largest absolute Gasteiger partial charge is 0.493 e. The van der Waals surface area contributed by atoms with Crippen molar-refractivity contribution in [2.45, 2.75) is 19.9 Å². The SMILES string of the molecule is CCOc1cc(/C=C2\CCn3c2nc2scc(-c4ccccc4)c2c3=O)ccc1OC. The predicted octanol–water partition coefficient (Wildman–Crippen LogP) is 5.48. The normalized spacial score (nSPS) is 14.2. The van der Waals surface area contributed by atoms with Gasteiger partial charge in [-0.15, -0.1) is 11.3 Å². The Morgan fingerprint density at radius 2 is 2.00 bits per heavy atom. The Labute approximate surface area is 184 Å². The highest BCUT2D eigenvalue weighted by Crippen LogP contribution is 2.35. The molecule has 0 aliphatic carbocycles. The number of aromatic nitrogens is 2. The van der Waals surface area contributed by atoms with E-state index in [2.05, 4.69) is 6.08 Å². The molecular weight excluding hydrogens is 408 g/mol. The summed E-state index contributed by atoms with van der Waals surface area (Å²) in [5, 5.41) is 2.75. The number of ether oxygens (including phenoxy) is 2. The van der Waals surface area contributed by atoms with Crippen LogP contribution in [-0.2, 0) is 6.54 Å². The molecule has 6 heteroatoms. The van der Waals surface area contributed by atoms with Crippen LogP contribution in [0.25, 0.3) is 33.0 Å². The molecule has 3 heterocycles. The first-order valence-corrected chi connectivity index (χ1v) is 11.2. The standard InChI is InChI=1S/C25H22N2O3S/c1-3-30-21-14-16(9-10-20(21)29-2)13-18-11-12-27-23(18)26-24-22(25(27)28)19(15-31-24)17-7-5-4-6-8-17/h4-10,13-15H,3,11-12H2,1-2H3/b18-13+. The Morgan fingerprint density at radius 1 is 1.16 bits per heavy atom. The molecule has 0 bridgehead atoms. The highest BCUT2D eigenvalue weighted by Gasteiger charge is 2.23. The van der Waals surface area contributed by atoms with E-state index in [1.165, 1.54) is 11.3 Å². The summed E-state index contributed by atoms with van der Waals surface area (Å²) in [5.41, 5.74) is 4.10. The fraction of sp³-hybridized carbons (Fsp3) is 0.200. The molecule has 4 aromatic rings. The fourth-order valence-corrected chi connectivity index (χ4v) is 4.98. The number of thiophene rings is 1. The molecule has 0 N–H and O–H groups in total. The van der Waals surface area contributed by atoms with Crippen molar-refractivity contribution in [3.8, 4) is 22.6 Å². The minimum Gasteiger partial charge on any atom is -0.493 e. The lowest BCUT2D eigenvalue weighted by Crippen LogP contribution is -2.20. The summed E-state index contributed by atoms with van der Waals surface area (Å²) in [5.74, 6) is 2.18. The van der Waals surface area contributed by atoms with Crippen LogP contribution in [-0.4, -0.2) is 23.3 Å². The van der Waals surface area contributed by atoms with Gasteiger partial charge in [-0.05, 0) is 48.3 Å². The molecule has 156 valence electrons. The summed E-state index contributed by atoms with van der Waals surface area (Å²) in [7, 11) is 1.63. The van der Waals surface area contributed by atoms with Crippen molar-refractivity contribution in [2.24, 2.45) is 0 Å². The summed E-state index contributed by atoms with van der Waals surface area (Å²) >= 11 is 1.52. The summed E-state index contributed by atoms with van der Waals surface area (Å²) in [4.78, 5) is 19.0. The maximum Gasteiger partial charge on any atom is 0.263 e. The average molecular weight is 431 g/mol. The van der Waals surface area contributed by atoms with Gasteiger partial charge in [0.2, 0.25) is 0 Å². The van der Waals surface area contributed by atoms with Gasteiger partial charge in [-0.1, -0.05) is 36.4 Å². The molecular formula is C25H22N2O3S. The second-order valence-corrected chi connectivity index (χ2v) is 8.21. The van der Waals surface area contributed by atoms with Gasteiger partial charge in [-0.2, -0.15) is 0 Å². The maximum absolute atomic E-state index is 13.4. The molecule has 0 spiro atoms. The van der Waals surface area contributed by atoms with Crippen molar-refractivity contribution in [3.63, 3.8) is 0 Å². The molecule has 0 fully saturated rings. The van der Waals surface area contributed by atoms with E-state index in [0.29, 0.717) is 30.0 Å². The molecule has 0 atom stereocenters. The zero-order valence-corrected chi connectivity index (χ0v) is 18.2. The number of nitrogens with zero attached hydrogens (tertiary/aromatic N) is 2. The Hall–Kier alpha value is -3.38. The van der Waals surface area contributed by atoms with E-state index in [1.807, 2.05) is 60.8 Å². The number of allylic oxidation sites excluding steroid dienone is 1. The highest BCUT2D eigenvalue weighted by atomic mass is 32.1. The van der Waals surface area contributed by atoms with Crippen molar-refractivity contribution >= 4 is 33.2 Å². The van der Waals surface area contributed by atoms with Crippen LogP contribution in [0.2, 0.25) is 0 Å². The zero-order valence-electron chi connectivity index (χ0n) is 17.4. The zero-order chi connectivity index (χ0) is 21.4. The second-order valence-electron chi connectivity index (χ2n) is 7.35. The fourth-order valence-electron chi connectivity index (χ4n) is 4.04. The summed E-state index contributed by atoms with van der Waals surface area (Å²) in [6, 6.07) is 15.9. The van der Waals surface area contributed by atoms with Gasteiger partial charge in [-0.25, -0.2) is 4.98 Å².